The van der Waals surface area contributed by atoms with Crippen molar-refractivity contribution in [2.24, 2.45) is 0 Å². The van der Waals surface area contributed by atoms with Gasteiger partial charge in [-0.05, 0) is 71.3 Å². The van der Waals surface area contributed by atoms with Crippen LogP contribution < -0.4 is 18.9 Å². The first-order valence-electron chi connectivity index (χ1n) is 11.6. The highest BCUT2D eigenvalue weighted by atomic mass is 35.5. The Bertz CT molecular complexity index is 1170. The summed E-state index contributed by atoms with van der Waals surface area (Å²) in [7, 11) is 6.50. The summed E-state index contributed by atoms with van der Waals surface area (Å²) < 4.78 is 21.6. The van der Waals surface area contributed by atoms with E-state index in [0.29, 0.717) is 24.5 Å². The molecule has 0 atom stereocenters. The quantitative estimate of drug-likeness (QED) is 0.493. The highest BCUT2D eigenvalue weighted by Gasteiger charge is 2.21. The zero-order valence-corrected chi connectivity index (χ0v) is 22.0. The zero-order valence-electron chi connectivity index (χ0n) is 21.2. The number of amides is 1. The Hall–Kier alpha value is -3.58. The maximum Gasteiger partial charge on any atom is 0.231 e. The Morgan fingerprint density at radius 3 is 2.28 bits per heavy atom. The average Bonchev–Trinajstić information content (AvgIpc) is 3.04. The van der Waals surface area contributed by atoms with E-state index in [0.717, 1.165) is 42.1 Å². The van der Waals surface area contributed by atoms with Gasteiger partial charge in [0, 0.05) is 25.8 Å². The van der Waals surface area contributed by atoms with Crippen molar-refractivity contribution >= 4 is 24.4 Å². The second-order valence-corrected chi connectivity index (χ2v) is 8.50. The van der Waals surface area contributed by atoms with Gasteiger partial charge in [0.2, 0.25) is 5.91 Å². The lowest BCUT2D eigenvalue weighted by molar-refractivity contribution is -0.127. The van der Waals surface area contributed by atoms with Gasteiger partial charge in [-0.15, -0.1) is 12.4 Å². The molecule has 0 radical (unpaired) electrons. The molecule has 0 aromatic heterocycles. The lowest BCUT2D eigenvalue weighted by atomic mass is 10.0. The molecule has 0 fully saturated rings. The molecule has 4 rings (SSSR count). The topological polar surface area (TPSA) is 60.5 Å². The number of hydrogen-bond acceptors (Lipinski definition) is 6. The van der Waals surface area contributed by atoms with Crippen LogP contribution in [0.1, 0.15) is 16.7 Å². The number of allylic oxidation sites excluding steroid dienone is 2. The van der Waals surface area contributed by atoms with Gasteiger partial charge in [-0.3, -0.25) is 4.79 Å². The summed E-state index contributed by atoms with van der Waals surface area (Å²) in [4.78, 5) is 17.1. The highest BCUT2D eigenvalue weighted by Crippen LogP contribution is 2.33. The number of ether oxygens (including phenoxy) is 4. The third kappa shape index (κ3) is 6.15. The molecule has 2 aromatic carbocycles. The van der Waals surface area contributed by atoms with E-state index in [1.54, 1.807) is 33.3 Å². The Labute approximate surface area is 219 Å². The number of rotatable bonds is 9. The Morgan fingerprint density at radius 1 is 0.861 bits per heavy atom. The van der Waals surface area contributed by atoms with Crippen LogP contribution >= 0.6 is 12.4 Å². The van der Waals surface area contributed by atoms with E-state index in [1.165, 1.54) is 11.1 Å². The summed E-state index contributed by atoms with van der Waals surface area (Å²) in [5.74, 6) is 2.81. The minimum atomic E-state index is 0. The number of hydrogen-bond donors (Lipinski definition) is 0. The molecule has 0 saturated heterocycles. The van der Waals surface area contributed by atoms with E-state index >= 15 is 0 Å². The molecule has 1 amide bonds. The third-order valence-electron chi connectivity index (χ3n) is 6.29. The van der Waals surface area contributed by atoms with Crippen molar-refractivity contribution in [1.29, 1.82) is 0 Å². The molecule has 192 valence electrons. The number of benzene rings is 2. The molecule has 8 heteroatoms. The van der Waals surface area contributed by atoms with E-state index in [-0.39, 0.29) is 18.3 Å². The van der Waals surface area contributed by atoms with Gasteiger partial charge >= 0.3 is 0 Å². The molecule has 2 aliphatic heterocycles. The fourth-order valence-corrected chi connectivity index (χ4v) is 4.35. The van der Waals surface area contributed by atoms with E-state index < -0.39 is 0 Å². The maximum absolute atomic E-state index is 13.0. The molecule has 0 N–H and O–H groups in total. The van der Waals surface area contributed by atoms with Crippen LogP contribution in [0.2, 0.25) is 0 Å². The first-order chi connectivity index (χ1) is 17.0. The number of fused-ring (bicyclic) bond motifs is 1. The second kappa shape index (κ2) is 12.4. The SMILES string of the molecule is COc1ccc(CCN2C=CC=C(CN3C=Cc4cc(OC)c(OC)cc4CC3=O)C2)cc1OC.Cl. The van der Waals surface area contributed by atoms with Crippen LogP contribution in [0.5, 0.6) is 23.0 Å². The van der Waals surface area contributed by atoms with Gasteiger partial charge in [0.05, 0.1) is 34.9 Å². The largest absolute Gasteiger partial charge is 0.493 e. The standard InChI is InChI=1S/C28H32N2O5.ClH/c1-32-24-8-7-20(14-25(24)33-2)9-12-29-11-5-6-21(18-29)19-30-13-10-22-15-26(34-3)27(35-4)16-23(22)17-28(30)31;/h5-8,10-11,13-16H,9,12,17-19H2,1-4H3;1H. The van der Waals surface area contributed by atoms with Gasteiger partial charge < -0.3 is 28.7 Å². The van der Waals surface area contributed by atoms with Crippen LogP contribution in [0, 0.1) is 0 Å². The highest BCUT2D eigenvalue weighted by molar-refractivity contribution is 5.85. The normalized spacial score (nSPS) is 14.4. The molecule has 2 aliphatic rings. The average molecular weight is 513 g/mol. The summed E-state index contributed by atoms with van der Waals surface area (Å²) in [5.41, 5.74) is 4.26. The van der Waals surface area contributed by atoms with Gasteiger partial charge in [0.25, 0.3) is 0 Å². The number of halogens is 1. The van der Waals surface area contributed by atoms with Gasteiger partial charge in [0.1, 0.15) is 0 Å². The van der Waals surface area contributed by atoms with Crippen LogP contribution in [-0.2, 0) is 17.6 Å². The molecule has 0 unspecified atom stereocenters. The first kappa shape index (κ1) is 27.0. The lowest BCUT2D eigenvalue weighted by Gasteiger charge is -2.27. The molecule has 0 saturated carbocycles. The minimum Gasteiger partial charge on any atom is -0.493 e. The second-order valence-electron chi connectivity index (χ2n) is 8.50. The summed E-state index contributed by atoms with van der Waals surface area (Å²) >= 11 is 0. The van der Waals surface area contributed by atoms with Crippen molar-refractivity contribution in [2.45, 2.75) is 12.8 Å². The molecule has 0 aliphatic carbocycles. The summed E-state index contributed by atoms with van der Waals surface area (Å²) in [5, 5.41) is 0. The number of nitrogens with zero attached hydrogens (tertiary/aromatic N) is 2. The Balaban J connectivity index is 0.00000361. The van der Waals surface area contributed by atoms with Crippen LogP contribution in [0.3, 0.4) is 0 Å². The molecule has 0 bridgehead atoms. The van der Waals surface area contributed by atoms with Crippen LogP contribution in [0.15, 0.2) is 60.5 Å². The Kier molecular flexibility index (Phi) is 9.31. The fourth-order valence-electron chi connectivity index (χ4n) is 4.35. The van der Waals surface area contributed by atoms with Crippen LogP contribution in [-0.4, -0.2) is 63.8 Å². The van der Waals surface area contributed by atoms with Gasteiger partial charge in [-0.2, -0.15) is 0 Å². The number of carbonyl (C=O) groups is 1. The predicted molar refractivity (Wildman–Crippen MR) is 143 cm³/mol. The molecule has 2 heterocycles. The molecule has 0 spiro atoms. The van der Waals surface area contributed by atoms with Crippen molar-refractivity contribution < 1.29 is 23.7 Å². The van der Waals surface area contributed by atoms with Crippen molar-refractivity contribution in [3.63, 3.8) is 0 Å². The summed E-state index contributed by atoms with van der Waals surface area (Å²) in [6.07, 6.45) is 11.3. The fraction of sp³-hybridized carbons (Fsp3) is 0.321. The minimum absolute atomic E-state index is 0. The molecule has 36 heavy (non-hydrogen) atoms. The van der Waals surface area contributed by atoms with Gasteiger partial charge in [0.15, 0.2) is 23.0 Å². The van der Waals surface area contributed by atoms with E-state index in [1.807, 2.05) is 42.6 Å². The van der Waals surface area contributed by atoms with Crippen LogP contribution in [0.25, 0.3) is 6.08 Å². The van der Waals surface area contributed by atoms with Crippen molar-refractivity contribution in [3.8, 4) is 23.0 Å². The van der Waals surface area contributed by atoms with E-state index in [4.69, 9.17) is 18.9 Å². The van der Waals surface area contributed by atoms with E-state index in [9.17, 15) is 4.79 Å². The molecule has 7 nitrogen and oxygen atoms in total. The third-order valence-corrected chi connectivity index (χ3v) is 6.29. The molecular weight excluding hydrogens is 480 g/mol. The molecular formula is C28H33ClN2O5. The van der Waals surface area contributed by atoms with Gasteiger partial charge in [-0.25, -0.2) is 0 Å². The van der Waals surface area contributed by atoms with Crippen LogP contribution in [0.4, 0.5) is 0 Å². The summed E-state index contributed by atoms with van der Waals surface area (Å²) in [6, 6.07) is 9.82. The monoisotopic (exact) mass is 512 g/mol. The van der Waals surface area contributed by atoms with E-state index in [2.05, 4.69) is 23.2 Å². The number of methoxy groups -OCH3 is 4. The molecule has 2 aromatic rings. The number of carbonyl (C=O) groups excluding carboxylic acids is 1. The smallest absolute Gasteiger partial charge is 0.231 e. The van der Waals surface area contributed by atoms with Gasteiger partial charge in [-0.1, -0.05) is 12.1 Å². The van der Waals surface area contributed by atoms with Crippen molar-refractivity contribution in [3.05, 3.63) is 77.1 Å². The predicted octanol–water partition coefficient (Wildman–Crippen LogP) is 4.50. The maximum atomic E-state index is 13.0. The zero-order chi connectivity index (χ0) is 24.8. The Morgan fingerprint density at radius 2 is 1.56 bits per heavy atom. The lowest BCUT2D eigenvalue weighted by Crippen LogP contribution is -2.33. The first-order valence-corrected chi connectivity index (χ1v) is 11.6. The summed E-state index contributed by atoms with van der Waals surface area (Å²) in [6.45, 7) is 2.18. The van der Waals surface area contributed by atoms with Crippen molar-refractivity contribution in [1.82, 2.24) is 9.80 Å². The van der Waals surface area contributed by atoms with Crippen molar-refractivity contribution in [2.75, 3.05) is 48.1 Å².